The topological polar surface area (TPSA) is 114 Å². The number of fused-ring (bicyclic) bond motifs is 1. The van der Waals surface area contributed by atoms with Gasteiger partial charge in [0.1, 0.15) is 0 Å². The molecule has 140 valence electrons. The van der Waals surface area contributed by atoms with E-state index in [0.717, 1.165) is 11.1 Å². The number of anilines is 1. The first-order valence-electron chi connectivity index (χ1n) is 8.17. The largest absolute Gasteiger partial charge is 0.463 e. The highest BCUT2D eigenvalue weighted by molar-refractivity contribution is 7.92. The summed E-state index contributed by atoms with van der Waals surface area (Å²) in [5, 5.41) is 7.56. The highest BCUT2D eigenvalue weighted by atomic mass is 32.2. The number of H-pyrrole nitrogens is 1. The average molecular weight is 386 g/mol. The highest BCUT2D eigenvalue weighted by Crippen LogP contribution is 2.21. The smallest absolute Gasteiger partial charge is 0.330 e. The van der Waals surface area contributed by atoms with Crippen LogP contribution in [0.1, 0.15) is 18.2 Å². The van der Waals surface area contributed by atoms with Gasteiger partial charge in [-0.2, -0.15) is 5.10 Å². The standard InChI is InChI=1S/C18H18N4O4S/c1-3-26-17(23)9-6-13-4-7-15(8-5-13)27(24,25)22-14-10-16-12(2)20-21-18(16)19-11-14/h4-11,22H,3H2,1-2H3,(H,19,20,21). The molecule has 0 aliphatic heterocycles. The predicted octanol–water partition coefficient (Wildman–Crippen LogP) is 2.64. The number of carbonyl (C=O) groups is 1. The molecular weight excluding hydrogens is 368 g/mol. The van der Waals surface area contributed by atoms with E-state index in [1.807, 2.05) is 6.92 Å². The molecule has 2 aromatic heterocycles. The van der Waals surface area contributed by atoms with Crippen LogP contribution in [-0.2, 0) is 19.6 Å². The van der Waals surface area contributed by atoms with E-state index in [4.69, 9.17) is 4.74 Å². The molecule has 9 heteroatoms. The third-order valence-electron chi connectivity index (χ3n) is 3.74. The lowest BCUT2D eigenvalue weighted by Crippen LogP contribution is -2.13. The van der Waals surface area contributed by atoms with Crippen LogP contribution in [0.4, 0.5) is 5.69 Å². The van der Waals surface area contributed by atoms with E-state index in [1.54, 1.807) is 31.2 Å². The van der Waals surface area contributed by atoms with Gasteiger partial charge in [-0.1, -0.05) is 12.1 Å². The number of nitrogens with one attached hydrogen (secondary N) is 2. The van der Waals surface area contributed by atoms with Crippen LogP contribution in [0.2, 0.25) is 0 Å². The second-order valence-corrected chi connectivity index (χ2v) is 7.39. The number of hydrogen-bond donors (Lipinski definition) is 2. The number of rotatable bonds is 6. The molecule has 0 unspecified atom stereocenters. The van der Waals surface area contributed by atoms with Crippen molar-refractivity contribution < 1.29 is 17.9 Å². The molecule has 0 bridgehead atoms. The Balaban J connectivity index is 1.77. The van der Waals surface area contributed by atoms with Crippen molar-refractivity contribution in [1.82, 2.24) is 15.2 Å². The Kier molecular flexibility index (Phi) is 5.22. The lowest BCUT2D eigenvalue weighted by molar-refractivity contribution is -0.137. The van der Waals surface area contributed by atoms with Gasteiger partial charge in [0, 0.05) is 17.2 Å². The van der Waals surface area contributed by atoms with Crippen molar-refractivity contribution in [2.24, 2.45) is 0 Å². The van der Waals surface area contributed by atoms with Crippen LogP contribution in [0.15, 0.2) is 47.5 Å². The maximum Gasteiger partial charge on any atom is 0.330 e. The summed E-state index contributed by atoms with van der Waals surface area (Å²) in [6.45, 7) is 3.85. The van der Waals surface area contributed by atoms with E-state index in [9.17, 15) is 13.2 Å². The average Bonchev–Trinajstić information content (AvgIpc) is 3.01. The maximum absolute atomic E-state index is 12.6. The molecule has 1 aromatic carbocycles. The number of aromatic amines is 1. The number of carbonyl (C=O) groups excluding carboxylic acids is 1. The molecule has 0 saturated heterocycles. The zero-order valence-corrected chi connectivity index (χ0v) is 15.6. The number of esters is 1. The molecule has 3 rings (SSSR count). The Morgan fingerprint density at radius 3 is 2.74 bits per heavy atom. The number of pyridine rings is 1. The molecule has 0 atom stereocenters. The number of hydrogen-bond acceptors (Lipinski definition) is 6. The van der Waals surface area contributed by atoms with Crippen molar-refractivity contribution in [3.63, 3.8) is 0 Å². The van der Waals surface area contributed by atoms with Gasteiger partial charge < -0.3 is 4.74 Å². The molecular formula is C18H18N4O4S. The lowest BCUT2D eigenvalue weighted by Gasteiger charge is -2.08. The van der Waals surface area contributed by atoms with Crippen LogP contribution < -0.4 is 4.72 Å². The van der Waals surface area contributed by atoms with Gasteiger partial charge in [-0.15, -0.1) is 0 Å². The Hall–Kier alpha value is -3.20. The summed E-state index contributed by atoms with van der Waals surface area (Å²) in [4.78, 5) is 15.5. The van der Waals surface area contributed by atoms with Crippen LogP contribution in [0, 0.1) is 6.92 Å². The first-order chi connectivity index (χ1) is 12.9. The number of benzene rings is 1. The SMILES string of the molecule is CCOC(=O)C=Cc1ccc(S(=O)(=O)Nc2cnc3n[nH]c(C)c3c2)cc1. The van der Waals surface area contributed by atoms with Gasteiger partial charge in [0.25, 0.3) is 10.0 Å². The number of ether oxygens (including phenoxy) is 1. The van der Waals surface area contributed by atoms with Gasteiger partial charge in [0.15, 0.2) is 5.65 Å². The lowest BCUT2D eigenvalue weighted by atomic mass is 10.2. The van der Waals surface area contributed by atoms with E-state index in [0.29, 0.717) is 23.5 Å². The second kappa shape index (κ2) is 7.58. The molecule has 0 aliphatic rings. The summed E-state index contributed by atoms with van der Waals surface area (Å²) in [6, 6.07) is 7.80. The zero-order chi connectivity index (χ0) is 19.4. The third kappa shape index (κ3) is 4.32. The molecule has 0 spiro atoms. The van der Waals surface area contributed by atoms with Gasteiger partial charge in [0.05, 0.1) is 23.4 Å². The van der Waals surface area contributed by atoms with Gasteiger partial charge >= 0.3 is 5.97 Å². The first-order valence-corrected chi connectivity index (χ1v) is 9.66. The van der Waals surface area contributed by atoms with E-state index < -0.39 is 16.0 Å². The van der Waals surface area contributed by atoms with Gasteiger partial charge in [-0.05, 0) is 43.7 Å². The van der Waals surface area contributed by atoms with E-state index >= 15 is 0 Å². The monoisotopic (exact) mass is 386 g/mol. The fourth-order valence-electron chi connectivity index (χ4n) is 2.40. The third-order valence-corrected chi connectivity index (χ3v) is 5.14. The minimum Gasteiger partial charge on any atom is -0.463 e. The summed E-state index contributed by atoms with van der Waals surface area (Å²) in [6.07, 6.45) is 4.26. The van der Waals surface area contributed by atoms with Crippen LogP contribution in [0.5, 0.6) is 0 Å². The number of aryl methyl sites for hydroxylation is 1. The minimum absolute atomic E-state index is 0.0970. The summed E-state index contributed by atoms with van der Waals surface area (Å²) >= 11 is 0. The normalized spacial score (nSPS) is 11.8. The van der Waals surface area contributed by atoms with Crippen LogP contribution in [0.25, 0.3) is 17.1 Å². The molecule has 2 heterocycles. The highest BCUT2D eigenvalue weighted by Gasteiger charge is 2.15. The van der Waals surface area contributed by atoms with Crippen molar-refractivity contribution in [2.45, 2.75) is 18.7 Å². The predicted molar refractivity (Wildman–Crippen MR) is 102 cm³/mol. The second-order valence-electron chi connectivity index (χ2n) is 5.70. The van der Waals surface area contributed by atoms with E-state index in [-0.39, 0.29) is 4.90 Å². The van der Waals surface area contributed by atoms with Crippen molar-refractivity contribution in [3.05, 3.63) is 53.9 Å². The molecule has 0 saturated carbocycles. The van der Waals surface area contributed by atoms with E-state index in [1.165, 1.54) is 24.4 Å². The molecule has 27 heavy (non-hydrogen) atoms. The van der Waals surface area contributed by atoms with Crippen LogP contribution in [0.3, 0.4) is 0 Å². The number of sulfonamides is 1. The van der Waals surface area contributed by atoms with Crippen molar-refractivity contribution in [3.8, 4) is 0 Å². The van der Waals surface area contributed by atoms with Gasteiger partial charge in [-0.25, -0.2) is 18.2 Å². The molecule has 2 N–H and O–H groups in total. The number of aromatic nitrogens is 3. The summed E-state index contributed by atoms with van der Waals surface area (Å²) in [5.74, 6) is -0.451. The molecule has 0 amide bonds. The fraction of sp³-hybridized carbons (Fsp3) is 0.167. The first kappa shape index (κ1) is 18.6. The van der Waals surface area contributed by atoms with Gasteiger partial charge in [-0.3, -0.25) is 9.82 Å². The Morgan fingerprint density at radius 1 is 1.30 bits per heavy atom. The fourth-order valence-corrected chi connectivity index (χ4v) is 3.44. The molecule has 8 nitrogen and oxygen atoms in total. The quantitative estimate of drug-likeness (QED) is 0.497. The van der Waals surface area contributed by atoms with Crippen LogP contribution in [-0.4, -0.2) is 36.2 Å². The summed E-state index contributed by atoms with van der Waals surface area (Å²) in [5.41, 5.74) is 2.35. The zero-order valence-electron chi connectivity index (χ0n) is 14.8. The maximum atomic E-state index is 12.6. The van der Waals surface area contributed by atoms with Crippen molar-refractivity contribution in [1.29, 1.82) is 0 Å². The van der Waals surface area contributed by atoms with Crippen molar-refractivity contribution >= 4 is 38.8 Å². The molecule has 0 aliphatic carbocycles. The van der Waals surface area contributed by atoms with Crippen molar-refractivity contribution in [2.75, 3.05) is 11.3 Å². The van der Waals surface area contributed by atoms with Gasteiger partial charge in [0.2, 0.25) is 0 Å². The molecule has 3 aromatic rings. The summed E-state index contributed by atoms with van der Waals surface area (Å²) in [7, 11) is -3.77. The van der Waals surface area contributed by atoms with Crippen LogP contribution >= 0.6 is 0 Å². The molecule has 0 fully saturated rings. The summed E-state index contributed by atoms with van der Waals surface area (Å²) < 4.78 is 32.4. The minimum atomic E-state index is -3.77. The number of nitrogens with zero attached hydrogens (tertiary/aromatic N) is 2. The van der Waals surface area contributed by atoms with E-state index in [2.05, 4.69) is 19.9 Å². The Morgan fingerprint density at radius 2 is 2.04 bits per heavy atom. The Labute approximate surface area is 156 Å². The Bertz CT molecular complexity index is 1100. The molecule has 0 radical (unpaired) electrons.